The van der Waals surface area contributed by atoms with E-state index >= 15 is 0 Å². The first-order valence-electron chi connectivity index (χ1n) is 11.2. The number of carboxylic acid groups (broad SMARTS) is 1. The van der Waals surface area contributed by atoms with Crippen LogP contribution in [0.15, 0.2) is 78.9 Å². The molecule has 2 amide bonds. The molecule has 0 saturated carbocycles. The summed E-state index contributed by atoms with van der Waals surface area (Å²) < 4.78 is 0. The lowest BCUT2D eigenvalue weighted by Crippen LogP contribution is -2.47. The summed E-state index contributed by atoms with van der Waals surface area (Å²) in [5.74, 6) is -1.28. The van der Waals surface area contributed by atoms with Crippen LogP contribution in [0.5, 0.6) is 0 Å². The second-order valence-electron chi connectivity index (χ2n) is 8.49. The molecular formula is C28H25ClN2O4. The second-order valence-corrected chi connectivity index (χ2v) is 8.93. The number of carbonyl (C=O) groups excluding carboxylic acids is 2. The molecule has 3 aromatic carbocycles. The third-order valence-electron chi connectivity index (χ3n) is 6.11. The minimum Gasteiger partial charge on any atom is -0.478 e. The molecule has 0 saturated heterocycles. The molecule has 1 heterocycles. The van der Waals surface area contributed by atoms with Gasteiger partial charge >= 0.3 is 5.97 Å². The number of aliphatic carboxylic acids is 1. The van der Waals surface area contributed by atoms with E-state index in [2.05, 4.69) is 0 Å². The van der Waals surface area contributed by atoms with Crippen LogP contribution in [0.1, 0.15) is 47.8 Å². The number of carboxylic acids is 1. The number of anilines is 2. The van der Waals surface area contributed by atoms with Crippen LogP contribution in [0.3, 0.4) is 0 Å². The summed E-state index contributed by atoms with van der Waals surface area (Å²) in [6.07, 6.45) is 3.10. The Labute approximate surface area is 209 Å². The van der Waals surface area contributed by atoms with Crippen LogP contribution in [0.2, 0.25) is 5.02 Å². The molecule has 1 N–H and O–H groups in total. The number of hydrogen-bond acceptors (Lipinski definition) is 3. The van der Waals surface area contributed by atoms with Crippen molar-refractivity contribution in [2.45, 2.75) is 32.4 Å². The zero-order chi connectivity index (χ0) is 25.1. The fraction of sp³-hybridized carbons (Fsp3) is 0.179. The van der Waals surface area contributed by atoms with E-state index in [-0.39, 0.29) is 23.9 Å². The first-order chi connectivity index (χ1) is 16.8. The van der Waals surface area contributed by atoms with E-state index in [9.17, 15) is 14.4 Å². The van der Waals surface area contributed by atoms with Gasteiger partial charge in [0.1, 0.15) is 0 Å². The van der Waals surface area contributed by atoms with Gasteiger partial charge in [0.15, 0.2) is 0 Å². The van der Waals surface area contributed by atoms with Gasteiger partial charge in [-0.05, 0) is 73.0 Å². The summed E-state index contributed by atoms with van der Waals surface area (Å²) in [6, 6.07) is 21.2. The number of hydrogen-bond donors (Lipinski definition) is 1. The van der Waals surface area contributed by atoms with Gasteiger partial charge in [0.05, 0.1) is 6.04 Å². The summed E-state index contributed by atoms with van der Waals surface area (Å²) in [4.78, 5) is 40.7. The van der Waals surface area contributed by atoms with E-state index in [1.54, 1.807) is 53.1 Å². The van der Waals surface area contributed by atoms with Crippen molar-refractivity contribution < 1.29 is 19.5 Å². The summed E-state index contributed by atoms with van der Waals surface area (Å²) in [5, 5.41) is 9.40. The molecule has 0 aliphatic carbocycles. The van der Waals surface area contributed by atoms with Crippen LogP contribution < -0.4 is 9.80 Å². The van der Waals surface area contributed by atoms with Gasteiger partial charge in [-0.25, -0.2) is 4.79 Å². The minimum atomic E-state index is -1.03. The molecule has 0 spiro atoms. The van der Waals surface area contributed by atoms with Gasteiger partial charge in [-0.1, -0.05) is 41.9 Å². The fourth-order valence-electron chi connectivity index (χ4n) is 4.56. The highest BCUT2D eigenvalue weighted by Gasteiger charge is 2.38. The monoisotopic (exact) mass is 488 g/mol. The molecule has 3 aromatic rings. The maximum Gasteiger partial charge on any atom is 0.328 e. The standard InChI is InChI=1S/C28H25ClN2O4/c1-18-17-26(31(19(2)32)23-14-12-22(29)13-15-23)24-5-3-4-6-25(24)30(18)28(35)21-10-7-20(8-11-21)9-16-27(33)34/h3-16,18,26H,17H2,1-2H3,(H,33,34)/b16-9+/t18-,26+/m0/s1. The first-order valence-corrected chi connectivity index (χ1v) is 11.6. The van der Waals surface area contributed by atoms with Crippen molar-refractivity contribution in [2.75, 3.05) is 9.80 Å². The molecule has 1 aliphatic rings. The molecule has 6 nitrogen and oxygen atoms in total. The highest BCUT2D eigenvalue weighted by molar-refractivity contribution is 6.30. The molecule has 35 heavy (non-hydrogen) atoms. The SMILES string of the molecule is CC(=O)N(c1ccc(Cl)cc1)[C@@H]1C[C@H](C)N(C(=O)c2ccc(/C=C/C(=O)O)cc2)c2ccccc21. The molecule has 0 radical (unpaired) electrons. The Morgan fingerprint density at radius 2 is 1.66 bits per heavy atom. The zero-order valence-electron chi connectivity index (χ0n) is 19.4. The lowest BCUT2D eigenvalue weighted by Gasteiger charge is -2.43. The lowest BCUT2D eigenvalue weighted by molar-refractivity contribution is -0.131. The number of para-hydroxylation sites is 1. The van der Waals surface area contributed by atoms with Crippen molar-refractivity contribution in [2.24, 2.45) is 0 Å². The van der Waals surface area contributed by atoms with Crippen molar-refractivity contribution in [3.05, 3.63) is 101 Å². The third kappa shape index (κ3) is 5.12. The number of benzene rings is 3. The number of halogens is 1. The van der Waals surface area contributed by atoms with Crippen molar-refractivity contribution in [1.82, 2.24) is 0 Å². The Hall–Kier alpha value is -3.90. The highest BCUT2D eigenvalue weighted by Crippen LogP contribution is 2.42. The number of rotatable bonds is 5. The average molecular weight is 489 g/mol. The Morgan fingerprint density at radius 3 is 2.29 bits per heavy atom. The van der Waals surface area contributed by atoms with E-state index in [0.717, 1.165) is 23.0 Å². The van der Waals surface area contributed by atoms with Gasteiger partial charge in [0.2, 0.25) is 5.91 Å². The summed E-state index contributed by atoms with van der Waals surface area (Å²) in [7, 11) is 0. The Balaban J connectivity index is 1.69. The topological polar surface area (TPSA) is 77.9 Å². The molecule has 2 atom stereocenters. The molecular weight excluding hydrogens is 464 g/mol. The minimum absolute atomic E-state index is 0.0934. The van der Waals surface area contributed by atoms with E-state index < -0.39 is 5.97 Å². The largest absolute Gasteiger partial charge is 0.478 e. The predicted octanol–water partition coefficient (Wildman–Crippen LogP) is 5.97. The van der Waals surface area contributed by atoms with Crippen LogP contribution in [0.25, 0.3) is 6.08 Å². The van der Waals surface area contributed by atoms with E-state index in [1.807, 2.05) is 43.3 Å². The molecule has 4 rings (SSSR count). The van der Waals surface area contributed by atoms with E-state index in [1.165, 1.54) is 6.08 Å². The zero-order valence-corrected chi connectivity index (χ0v) is 20.1. The summed E-state index contributed by atoms with van der Waals surface area (Å²) >= 11 is 6.06. The number of fused-ring (bicyclic) bond motifs is 1. The maximum absolute atomic E-state index is 13.6. The molecule has 1 aliphatic heterocycles. The van der Waals surface area contributed by atoms with Crippen molar-refractivity contribution >= 4 is 46.8 Å². The number of nitrogens with zero attached hydrogens (tertiary/aromatic N) is 2. The second kappa shape index (κ2) is 10.2. The van der Waals surface area contributed by atoms with Crippen LogP contribution >= 0.6 is 11.6 Å². The van der Waals surface area contributed by atoms with Crippen LogP contribution in [0.4, 0.5) is 11.4 Å². The average Bonchev–Trinajstić information content (AvgIpc) is 2.84. The van der Waals surface area contributed by atoms with Gasteiger partial charge in [-0.3, -0.25) is 9.59 Å². The Morgan fingerprint density at radius 1 is 1.00 bits per heavy atom. The smallest absolute Gasteiger partial charge is 0.328 e. The Bertz CT molecular complexity index is 1290. The van der Waals surface area contributed by atoms with Crippen LogP contribution in [0, 0.1) is 0 Å². The molecule has 0 unspecified atom stereocenters. The van der Waals surface area contributed by atoms with Crippen molar-refractivity contribution in [3.63, 3.8) is 0 Å². The van der Waals surface area contributed by atoms with E-state index in [0.29, 0.717) is 22.6 Å². The van der Waals surface area contributed by atoms with Gasteiger partial charge in [0.25, 0.3) is 5.91 Å². The molecule has 7 heteroatoms. The van der Waals surface area contributed by atoms with Gasteiger partial charge < -0.3 is 14.9 Å². The van der Waals surface area contributed by atoms with Crippen LogP contribution in [-0.2, 0) is 9.59 Å². The van der Waals surface area contributed by atoms with Crippen molar-refractivity contribution in [1.29, 1.82) is 0 Å². The summed E-state index contributed by atoms with van der Waals surface area (Å²) in [6.45, 7) is 3.52. The quantitative estimate of drug-likeness (QED) is 0.449. The van der Waals surface area contributed by atoms with Gasteiger partial charge in [-0.15, -0.1) is 0 Å². The van der Waals surface area contributed by atoms with Crippen molar-refractivity contribution in [3.8, 4) is 0 Å². The highest BCUT2D eigenvalue weighted by atomic mass is 35.5. The third-order valence-corrected chi connectivity index (χ3v) is 6.36. The normalized spacial score (nSPS) is 17.2. The number of carbonyl (C=O) groups is 3. The molecule has 0 bridgehead atoms. The fourth-order valence-corrected chi connectivity index (χ4v) is 4.69. The summed E-state index contributed by atoms with van der Waals surface area (Å²) in [5.41, 5.74) is 3.59. The molecule has 178 valence electrons. The Kier molecular flexibility index (Phi) is 7.03. The van der Waals surface area contributed by atoms with Crippen LogP contribution in [-0.4, -0.2) is 28.9 Å². The molecule has 0 aromatic heterocycles. The first kappa shape index (κ1) is 24.2. The maximum atomic E-state index is 13.6. The lowest BCUT2D eigenvalue weighted by atomic mass is 9.89. The molecule has 0 fully saturated rings. The predicted molar refractivity (Wildman–Crippen MR) is 138 cm³/mol. The van der Waals surface area contributed by atoms with Gasteiger partial charge in [-0.2, -0.15) is 0 Å². The van der Waals surface area contributed by atoms with E-state index in [4.69, 9.17) is 16.7 Å². The van der Waals surface area contributed by atoms with Gasteiger partial charge in [0, 0.05) is 41.0 Å². The number of amides is 2.